The molecule has 0 spiro atoms. The van der Waals surface area contributed by atoms with E-state index < -0.39 is 5.97 Å². The number of benzene rings is 2. The van der Waals surface area contributed by atoms with Crippen molar-refractivity contribution >= 4 is 23.6 Å². The van der Waals surface area contributed by atoms with Gasteiger partial charge >= 0.3 is 5.97 Å². The number of hydrogen-bond donors (Lipinski definition) is 1. The highest BCUT2D eigenvalue weighted by atomic mass is 16.5. The normalized spacial score (nSPS) is 12.5. The van der Waals surface area contributed by atoms with Gasteiger partial charge in [-0.3, -0.25) is 4.79 Å². The number of fused-ring (bicyclic) bond motifs is 1. The van der Waals surface area contributed by atoms with Gasteiger partial charge in [0, 0.05) is 11.3 Å². The lowest BCUT2D eigenvalue weighted by molar-refractivity contribution is -0.143. The third-order valence-electron chi connectivity index (χ3n) is 4.02. The second kappa shape index (κ2) is 7.21. The number of para-hydroxylation sites is 1. The molecule has 25 heavy (non-hydrogen) atoms. The van der Waals surface area contributed by atoms with Gasteiger partial charge in [0.25, 0.3) is 5.91 Å². The number of hydrogen-bond acceptors (Lipinski definition) is 4. The number of aryl methyl sites for hydroxylation is 2. The molecule has 5 nitrogen and oxygen atoms in total. The minimum atomic E-state index is -0.551. The molecule has 5 heteroatoms. The second-order valence-electron chi connectivity index (χ2n) is 5.92. The van der Waals surface area contributed by atoms with Gasteiger partial charge in [-0.15, -0.1) is 0 Å². The zero-order valence-corrected chi connectivity index (χ0v) is 14.2. The average molecular weight is 337 g/mol. The average Bonchev–Trinajstić information content (AvgIpc) is 2.62. The van der Waals surface area contributed by atoms with Gasteiger partial charge in [0.1, 0.15) is 12.4 Å². The Morgan fingerprint density at radius 1 is 1.12 bits per heavy atom. The summed E-state index contributed by atoms with van der Waals surface area (Å²) in [5.74, 6) is -0.203. The molecule has 1 heterocycles. The monoisotopic (exact) mass is 337 g/mol. The molecule has 2 aromatic rings. The lowest BCUT2D eigenvalue weighted by Crippen LogP contribution is -2.24. The molecule has 0 saturated heterocycles. The topological polar surface area (TPSA) is 64.6 Å². The van der Waals surface area contributed by atoms with Crippen molar-refractivity contribution in [3.8, 4) is 5.75 Å². The van der Waals surface area contributed by atoms with Gasteiger partial charge in [0.05, 0.1) is 5.57 Å². The highest BCUT2D eigenvalue weighted by Crippen LogP contribution is 2.26. The van der Waals surface area contributed by atoms with Gasteiger partial charge in [0.15, 0.2) is 6.61 Å². The van der Waals surface area contributed by atoms with Crippen LogP contribution in [0.15, 0.2) is 48.0 Å². The maximum absolute atomic E-state index is 12.1. The van der Waals surface area contributed by atoms with Crippen LogP contribution in [0.2, 0.25) is 0 Å². The highest BCUT2D eigenvalue weighted by Gasteiger charge is 2.19. The number of carbonyl (C=O) groups excluding carboxylic acids is 2. The van der Waals surface area contributed by atoms with Crippen LogP contribution in [0.5, 0.6) is 5.75 Å². The molecular formula is C20H19NO4. The Labute approximate surface area is 146 Å². The van der Waals surface area contributed by atoms with Crippen molar-refractivity contribution in [1.29, 1.82) is 0 Å². The third-order valence-corrected chi connectivity index (χ3v) is 4.02. The molecule has 1 aliphatic heterocycles. The van der Waals surface area contributed by atoms with Gasteiger partial charge < -0.3 is 14.8 Å². The lowest BCUT2D eigenvalue weighted by atomic mass is 10.1. The first-order valence-electron chi connectivity index (χ1n) is 7.99. The summed E-state index contributed by atoms with van der Waals surface area (Å²) in [5, 5.41) is 2.72. The number of carbonyl (C=O) groups is 2. The summed E-state index contributed by atoms with van der Waals surface area (Å²) in [4.78, 5) is 24.1. The smallest absolute Gasteiger partial charge is 0.338 e. The van der Waals surface area contributed by atoms with E-state index in [0.29, 0.717) is 11.3 Å². The predicted molar refractivity (Wildman–Crippen MR) is 95.4 cm³/mol. The summed E-state index contributed by atoms with van der Waals surface area (Å²) >= 11 is 0. The van der Waals surface area contributed by atoms with E-state index in [1.165, 1.54) is 0 Å². The Hall–Kier alpha value is -3.08. The van der Waals surface area contributed by atoms with Crippen LogP contribution in [0, 0.1) is 13.8 Å². The van der Waals surface area contributed by atoms with Gasteiger partial charge in [-0.1, -0.05) is 24.3 Å². The van der Waals surface area contributed by atoms with Crippen molar-refractivity contribution in [1.82, 2.24) is 0 Å². The first-order valence-corrected chi connectivity index (χ1v) is 7.99. The zero-order valence-electron chi connectivity index (χ0n) is 14.2. The standard InChI is InChI=1S/C20H19NO4/c1-13-7-8-17(9-14(13)2)21-19(22)12-25-20(23)16-10-15-5-3-4-6-18(15)24-11-16/h3-10H,11-12H2,1-2H3,(H,21,22). The number of esters is 1. The van der Waals surface area contributed by atoms with Crippen LogP contribution in [0.1, 0.15) is 16.7 Å². The Balaban J connectivity index is 1.56. The minimum Gasteiger partial charge on any atom is -0.488 e. The van der Waals surface area contributed by atoms with Crippen LogP contribution in [0.4, 0.5) is 5.69 Å². The van der Waals surface area contributed by atoms with Crippen molar-refractivity contribution in [2.24, 2.45) is 0 Å². The van der Waals surface area contributed by atoms with E-state index in [2.05, 4.69) is 5.32 Å². The van der Waals surface area contributed by atoms with Crippen LogP contribution in [-0.2, 0) is 14.3 Å². The van der Waals surface area contributed by atoms with Crippen molar-refractivity contribution in [2.75, 3.05) is 18.5 Å². The molecule has 2 aromatic carbocycles. The molecule has 0 radical (unpaired) electrons. The van der Waals surface area contributed by atoms with Crippen molar-refractivity contribution in [3.63, 3.8) is 0 Å². The summed E-state index contributed by atoms with van der Waals surface area (Å²) in [6.45, 7) is 3.76. The van der Waals surface area contributed by atoms with Crippen LogP contribution in [0.3, 0.4) is 0 Å². The molecule has 0 fully saturated rings. The van der Waals surface area contributed by atoms with E-state index in [1.54, 1.807) is 6.08 Å². The van der Waals surface area contributed by atoms with E-state index >= 15 is 0 Å². The van der Waals surface area contributed by atoms with E-state index in [4.69, 9.17) is 9.47 Å². The van der Waals surface area contributed by atoms with Crippen molar-refractivity contribution < 1.29 is 19.1 Å². The molecule has 1 amide bonds. The van der Waals surface area contributed by atoms with Crippen LogP contribution in [0.25, 0.3) is 6.08 Å². The molecule has 128 valence electrons. The van der Waals surface area contributed by atoms with Gasteiger partial charge in [-0.05, 0) is 49.2 Å². The molecule has 0 aromatic heterocycles. The fraction of sp³-hybridized carbons (Fsp3) is 0.200. The number of nitrogens with one attached hydrogen (secondary N) is 1. The number of amides is 1. The van der Waals surface area contributed by atoms with Gasteiger partial charge in [-0.2, -0.15) is 0 Å². The number of anilines is 1. The third kappa shape index (κ3) is 4.07. The maximum Gasteiger partial charge on any atom is 0.338 e. The summed E-state index contributed by atoms with van der Waals surface area (Å²) < 4.78 is 10.6. The maximum atomic E-state index is 12.1. The largest absolute Gasteiger partial charge is 0.488 e. The zero-order chi connectivity index (χ0) is 17.8. The fourth-order valence-electron chi connectivity index (χ4n) is 2.47. The number of ether oxygens (including phenoxy) is 2. The molecule has 1 N–H and O–H groups in total. The molecule has 0 atom stereocenters. The molecule has 0 aliphatic carbocycles. The first-order chi connectivity index (χ1) is 12.0. The van der Waals surface area contributed by atoms with Crippen LogP contribution in [-0.4, -0.2) is 25.1 Å². The number of rotatable bonds is 4. The summed E-state index contributed by atoms with van der Waals surface area (Å²) in [7, 11) is 0. The molecular weight excluding hydrogens is 318 g/mol. The summed E-state index contributed by atoms with van der Waals surface area (Å²) in [5.41, 5.74) is 4.11. The molecule has 0 bridgehead atoms. The van der Waals surface area contributed by atoms with Gasteiger partial charge in [-0.25, -0.2) is 4.79 Å². The first kappa shape index (κ1) is 16.8. The van der Waals surface area contributed by atoms with E-state index in [0.717, 1.165) is 22.4 Å². The van der Waals surface area contributed by atoms with Crippen LogP contribution < -0.4 is 10.1 Å². The molecule has 1 aliphatic rings. The second-order valence-corrected chi connectivity index (χ2v) is 5.92. The quantitative estimate of drug-likeness (QED) is 0.870. The van der Waals surface area contributed by atoms with E-state index in [1.807, 2.05) is 56.3 Å². The van der Waals surface area contributed by atoms with E-state index in [9.17, 15) is 9.59 Å². The minimum absolute atomic E-state index is 0.134. The van der Waals surface area contributed by atoms with Gasteiger partial charge in [0.2, 0.25) is 0 Å². The predicted octanol–water partition coefficient (Wildman–Crippen LogP) is 3.26. The Morgan fingerprint density at radius 2 is 1.92 bits per heavy atom. The Kier molecular flexibility index (Phi) is 4.84. The SMILES string of the molecule is Cc1ccc(NC(=O)COC(=O)C2=Cc3ccccc3OC2)cc1C. The highest BCUT2D eigenvalue weighted by molar-refractivity contribution is 5.98. The Bertz CT molecular complexity index is 855. The summed E-state index contributed by atoms with van der Waals surface area (Å²) in [6.07, 6.45) is 1.72. The van der Waals surface area contributed by atoms with Crippen molar-refractivity contribution in [2.45, 2.75) is 13.8 Å². The molecule has 3 rings (SSSR count). The summed E-state index contributed by atoms with van der Waals surface area (Å²) in [6, 6.07) is 13.1. The van der Waals surface area contributed by atoms with Crippen LogP contribution >= 0.6 is 0 Å². The van der Waals surface area contributed by atoms with Crippen molar-refractivity contribution in [3.05, 3.63) is 64.7 Å². The lowest BCUT2D eigenvalue weighted by Gasteiger charge is -2.16. The molecule has 0 unspecified atom stereocenters. The van der Waals surface area contributed by atoms with E-state index in [-0.39, 0.29) is 19.1 Å². The molecule has 0 saturated carbocycles. The fourth-order valence-corrected chi connectivity index (χ4v) is 2.47. The Morgan fingerprint density at radius 3 is 2.72 bits per heavy atom.